The van der Waals surface area contributed by atoms with Crippen molar-refractivity contribution in [2.45, 2.75) is 39.2 Å². The molecule has 0 unspecified atom stereocenters. The van der Waals surface area contributed by atoms with E-state index in [2.05, 4.69) is 0 Å². The van der Waals surface area contributed by atoms with E-state index < -0.39 is 10.2 Å². The van der Waals surface area contributed by atoms with Crippen LogP contribution in [-0.2, 0) is 10.2 Å². The molecular weight excluding hydrogens is 226 g/mol. The summed E-state index contributed by atoms with van der Waals surface area (Å²) < 4.78 is 27.2. The predicted octanol–water partition coefficient (Wildman–Crippen LogP) is 0.951. The molecule has 1 aliphatic heterocycles. The maximum absolute atomic E-state index is 12.2. The van der Waals surface area contributed by atoms with Gasteiger partial charge >= 0.3 is 0 Å². The first-order valence-corrected chi connectivity index (χ1v) is 7.03. The second-order valence-corrected chi connectivity index (χ2v) is 6.15. The van der Waals surface area contributed by atoms with Gasteiger partial charge in [0.25, 0.3) is 10.2 Å². The molecule has 0 spiro atoms. The van der Waals surface area contributed by atoms with Gasteiger partial charge in [-0.3, -0.25) is 0 Å². The van der Waals surface area contributed by atoms with Crippen LogP contribution in [-0.4, -0.2) is 42.7 Å². The molecular formula is C10H19N3O2S. The van der Waals surface area contributed by atoms with Gasteiger partial charge in [0.1, 0.15) is 6.54 Å². The second-order valence-electron chi connectivity index (χ2n) is 4.26. The predicted molar refractivity (Wildman–Crippen MR) is 61.8 cm³/mol. The fraction of sp³-hybridized carbons (Fsp3) is 0.900. The average Bonchev–Trinajstić information content (AvgIpc) is 2.26. The van der Waals surface area contributed by atoms with Crippen LogP contribution in [0.1, 0.15) is 33.1 Å². The Labute approximate surface area is 97.8 Å². The Balaban J connectivity index is 2.84. The van der Waals surface area contributed by atoms with E-state index in [9.17, 15) is 8.42 Å². The van der Waals surface area contributed by atoms with Gasteiger partial charge in [0.2, 0.25) is 0 Å². The molecule has 0 N–H and O–H groups in total. The highest BCUT2D eigenvalue weighted by Crippen LogP contribution is 2.17. The van der Waals surface area contributed by atoms with Gasteiger partial charge in [-0.05, 0) is 26.7 Å². The normalized spacial score (nSPS) is 18.9. The van der Waals surface area contributed by atoms with E-state index in [0.717, 1.165) is 19.3 Å². The van der Waals surface area contributed by atoms with Crippen molar-refractivity contribution >= 4 is 10.2 Å². The molecule has 0 atom stereocenters. The lowest BCUT2D eigenvalue weighted by Gasteiger charge is -2.32. The molecule has 5 nitrogen and oxygen atoms in total. The van der Waals surface area contributed by atoms with Gasteiger partial charge in [-0.15, -0.1) is 0 Å². The van der Waals surface area contributed by atoms with Crippen molar-refractivity contribution in [2.75, 3.05) is 19.6 Å². The minimum absolute atomic E-state index is 0.0729. The lowest BCUT2D eigenvalue weighted by molar-refractivity contribution is 0.293. The molecule has 0 aromatic heterocycles. The molecule has 92 valence electrons. The third-order valence-corrected chi connectivity index (χ3v) is 4.90. The third kappa shape index (κ3) is 2.94. The first-order chi connectivity index (χ1) is 7.50. The van der Waals surface area contributed by atoms with Crippen LogP contribution in [0.15, 0.2) is 0 Å². The fourth-order valence-corrected chi connectivity index (χ4v) is 3.61. The zero-order valence-corrected chi connectivity index (χ0v) is 10.7. The highest BCUT2D eigenvalue weighted by atomic mass is 32.2. The molecule has 0 radical (unpaired) electrons. The van der Waals surface area contributed by atoms with E-state index in [0.29, 0.717) is 13.1 Å². The van der Waals surface area contributed by atoms with Crippen LogP contribution in [0.5, 0.6) is 0 Å². The summed E-state index contributed by atoms with van der Waals surface area (Å²) in [5.74, 6) is 0. The van der Waals surface area contributed by atoms with Crippen molar-refractivity contribution in [3.05, 3.63) is 0 Å². The summed E-state index contributed by atoms with van der Waals surface area (Å²) in [4.78, 5) is 0. The Morgan fingerprint density at radius 2 is 1.88 bits per heavy atom. The zero-order chi connectivity index (χ0) is 12.2. The minimum Gasteiger partial charge on any atom is -0.197 e. The Bertz CT molecular complexity index is 353. The molecule has 6 heteroatoms. The first-order valence-electron chi connectivity index (χ1n) is 5.64. The highest BCUT2D eigenvalue weighted by molar-refractivity contribution is 7.86. The minimum atomic E-state index is -3.44. The van der Waals surface area contributed by atoms with Crippen LogP contribution in [0.4, 0.5) is 0 Å². The number of nitriles is 1. The largest absolute Gasteiger partial charge is 0.283 e. The molecule has 1 fully saturated rings. The lowest BCUT2D eigenvalue weighted by Crippen LogP contribution is -2.48. The van der Waals surface area contributed by atoms with Crippen LogP contribution in [0.3, 0.4) is 0 Å². The summed E-state index contributed by atoms with van der Waals surface area (Å²) >= 11 is 0. The number of hydrogen-bond donors (Lipinski definition) is 0. The Morgan fingerprint density at radius 1 is 1.31 bits per heavy atom. The van der Waals surface area contributed by atoms with Crippen molar-refractivity contribution in [2.24, 2.45) is 0 Å². The molecule has 1 rings (SSSR count). The lowest BCUT2D eigenvalue weighted by atomic mass is 10.2. The molecule has 0 aromatic carbocycles. The Hall–Kier alpha value is -0.640. The maximum Gasteiger partial charge on any atom is 0.283 e. The van der Waals surface area contributed by atoms with Crippen molar-refractivity contribution in [1.29, 1.82) is 5.26 Å². The van der Waals surface area contributed by atoms with E-state index in [-0.39, 0.29) is 12.6 Å². The highest BCUT2D eigenvalue weighted by Gasteiger charge is 2.31. The summed E-state index contributed by atoms with van der Waals surface area (Å²) in [5.41, 5.74) is 0. The summed E-state index contributed by atoms with van der Waals surface area (Å²) in [5, 5.41) is 8.67. The molecule has 0 bridgehead atoms. The SMILES string of the molecule is CC(C)N(CC#N)S(=O)(=O)N1CCCCC1. The van der Waals surface area contributed by atoms with E-state index in [1.807, 2.05) is 6.07 Å². The van der Waals surface area contributed by atoms with Crippen LogP contribution in [0.25, 0.3) is 0 Å². The molecule has 0 aromatic rings. The first kappa shape index (κ1) is 13.4. The Kier molecular flexibility index (Phi) is 4.71. The van der Waals surface area contributed by atoms with Crippen LogP contribution < -0.4 is 0 Å². The smallest absolute Gasteiger partial charge is 0.197 e. The monoisotopic (exact) mass is 245 g/mol. The van der Waals surface area contributed by atoms with Crippen molar-refractivity contribution in [3.8, 4) is 6.07 Å². The number of nitrogens with zero attached hydrogens (tertiary/aromatic N) is 3. The standard InChI is InChI=1S/C10H19N3O2S/c1-10(2)13(9-6-11)16(14,15)12-7-4-3-5-8-12/h10H,3-5,7-9H2,1-2H3. The Morgan fingerprint density at radius 3 is 2.31 bits per heavy atom. The van der Waals surface area contributed by atoms with Gasteiger partial charge in [0, 0.05) is 19.1 Å². The molecule has 0 amide bonds. The van der Waals surface area contributed by atoms with Crippen LogP contribution in [0, 0.1) is 11.3 Å². The van der Waals surface area contributed by atoms with E-state index >= 15 is 0 Å². The number of rotatable bonds is 4. The van der Waals surface area contributed by atoms with E-state index in [1.165, 1.54) is 8.61 Å². The van der Waals surface area contributed by atoms with Crippen molar-refractivity contribution in [3.63, 3.8) is 0 Å². The van der Waals surface area contributed by atoms with Crippen LogP contribution >= 0.6 is 0 Å². The third-order valence-electron chi connectivity index (χ3n) is 2.74. The van der Waals surface area contributed by atoms with Gasteiger partial charge in [-0.2, -0.15) is 22.3 Å². The molecule has 1 saturated heterocycles. The molecule has 0 aliphatic carbocycles. The molecule has 1 aliphatic rings. The van der Waals surface area contributed by atoms with Gasteiger partial charge in [-0.25, -0.2) is 0 Å². The molecule has 16 heavy (non-hydrogen) atoms. The van der Waals surface area contributed by atoms with Gasteiger partial charge in [-0.1, -0.05) is 6.42 Å². The summed E-state index contributed by atoms with van der Waals surface area (Å²) in [6.07, 6.45) is 2.92. The summed E-state index contributed by atoms with van der Waals surface area (Å²) in [7, 11) is -3.44. The summed E-state index contributed by atoms with van der Waals surface area (Å²) in [6, 6.07) is 1.74. The quantitative estimate of drug-likeness (QED) is 0.693. The number of hydrogen-bond acceptors (Lipinski definition) is 3. The van der Waals surface area contributed by atoms with E-state index in [4.69, 9.17) is 5.26 Å². The second kappa shape index (κ2) is 5.62. The summed E-state index contributed by atoms with van der Waals surface area (Å²) in [6.45, 7) is 4.67. The van der Waals surface area contributed by atoms with Gasteiger partial charge in [0.05, 0.1) is 6.07 Å². The topological polar surface area (TPSA) is 64.4 Å². The average molecular weight is 245 g/mol. The molecule has 1 heterocycles. The fourth-order valence-electron chi connectivity index (χ4n) is 1.84. The zero-order valence-electron chi connectivity index (χ0n) is 9.89. The molecule has 0 saturated carbocycles. The van der Waals surface area contributed by atoms with Crippen LogP contribution in [0.2, 0.25) is 0 Å². The van der Waals surface area contributed by atoms with E-state index in [1.54, 1.807) is 13.8 Å². The van der Waals surface area contributed by atoms with Gasteiger partial charge < -0.3 is 0 Å². The van der Waals surface area contributed by atoms with Crippen molar-refractivity contribution in [1.82, 2.24) is 8.61 Å². The number of piperidine rings is 1. The maximum atomic E-state index is 12.2. The van der Waals surface area contributed by atoms with Crippen molar-refractivity contribution < 1.29 is 8.42 Å². The van der Waals surface area contributed by atoms with Gasteiger partial charge in [0.15, 0.2) is 0 Å².